The Morgan fingerprint density at radius 3 is 1.82 bits per heavy atom. The molecule has 1 saturated heterocycles. The third-order valence-electron chi connectivity index (χ3n) is 9.71. The van der Waals surface area contributed by atoms with Gasteiger partial charge in [-0.1, -0.05) is 140 Å². The summed E-state index contributed by atoms with van der Waals surface area (Å²) in [6, 6.07) is 23.7. The SMILES string of the molecule is CCCCCCCCN(CCCCCCCC)CC1OC(c2ccc(NS(=O)(=O)c3ccccc3)cc2)OC(c2ccc(CO)cc2)C1C. The Morgan fingerprint density at radius 1 is 0.694 bits per heavy atom. The van der Waals surface area contributed by atoms with Gasteiger partial charge in [-0.25, -0.2) is 8.42 Å². The first-order valence-corrected chi connectivity index (χ1v) is 20.2. The molecule has 1 heterocycles. The smallest absolute Gasteiger partial charge is 0.261 e. The fraction of sp³-hybridized carbons (Fsp3) is 0.561. The Labute approximate surface area is 296 Å². The van der Waals surface area contributed by atoms with Gasteiger partial charge in [-0.05, 0) is 61.3 Å². The Hall–Kier alpha value is -2.75. The quantitative estimate of drug-likeness (QED) is 0.102. The average molecular weight is 693 g/mol. The molecule has 4 unspecified atom stereocenters. The molecule has 1 aliphatic heterocycles. The van der Waals surface area contributed by atoms with Crippen molar-refractivity contribution in [2.75, 3.05) is 24.4 Å². The molecule has 0 aromatic heterocycles. The number of ether oxygens (including phenoxy) is 2. The number of hydrogen-bond donors (Lipinski definition) is 2. The number of hydrogen-bond acceptors (Lipinski definition) is 6. The van der Waals surface area contributed by atoms with E-state index in [0.29, 0.717) is 5.69 Å². The molecule has 0 amide bonds. The summed E-state index contributed by atoms with van der Waals surface area (Å²) >= 11 is 0. The molecule has 8 heteroatoms. The average Bonchev–Trinajstić information content (AvgIpc) is 3.12. The van der Waals surface area contributed by atoms with Crippen LogP contribution in [0.15, 0.2) is 83.8 Å². The van der Waals surface area contributed by atoms with Gasteiger partial charge in [0, 0.05) is 23.7 Å². The van der Waals surface area contributed by atoms with Crippen molar-refractivity contribution in [3.63, 3.8) is 0 Å². The van der Waals surface area contributed by atoms with Crippen LogP contribution in [0.4, 0.5) is 5.69 Å². The number of rotatable bonds is 22. The zero-order chi connectivity index (χ0) is 34.9. The van der Waals surface area contributed by atoms with Crippen LogP contribution in [-0.2, 0) is 26.1 Å². The molecule has 4 rings (SSSR count). The van der Waals surface area contributed by atoms with Crippen LogP contribution < -0.4 is 4.72 Å². The van der Waals surface area contributed by atoms with E-state index in [4.69, 9.17) is 9.47 Å². The van der Waals surface area contributed by atoms with Crippen LogP contribution in [0.25, 0.3) is 0 Å². The molecule has 0 aliphatic carbocycles. The Kier molecular flexibility index (Phi) is 16.6. The van der Waals surface area contributed by atoms with E-state index in [1.54, 1.807) is 42.5 Å². The highest BCUT2D eigenvalue weighted by atomic mass is 32.2. The lowest BCUT2D eigenvalue weighted by Crippen LogP contribution is -2.45. The zero-order valence-corrected chi connectivity index (χ0v) is 30.9. The minimum atomic E-state index is -3.70. The molecule has 3 aromatic carbocycles. The molecule has 49 heavy (non-hydrogen) atoms. The van der Waals surface area contributed by atoms with Crippen LogP contribution in [0, 0.1) is 5.92 Å². The zero-order valence-electron chi connectivity index (χ0n) is 30.1. The first-order valence-electron chi connectivity index (χ1n) is 18.8. The van der Waals surface area contributed by atoms with E-state index in [2.05, 4.69) is 42.5 Å². The molecular weight excluding hydrogens is 633 g/mol. The van der Waals surface area contributed by atoms with E-state index in [0.717, 1.165) is 36.3 Å². The first kappa shape index (κ1) is 39.0. The largest absolute Gasteiger partial charge is 0.392 e. The van der Waals surface area contributed by atoms with E-state index >= 15 is 0 Å². The molecule has 0 bridgehead atoms. The predicted molar refractivity (Wildman–Crippen MR) is 200 cm³/mol. The summed E-state index contributed by atoms with van der Waals surface area (Å²) in [5.74, 6) is 0.102. The normalized spacial score (nSPS) is 19.7. The molecule has 0 saturated carbocycles. The standard InChI is InChI=1S/C41H60N2O5S/c1-4-6-8-10-12-17-29-43(30-18-13-11-9-7-5-2)31-39-33(3)40(35-23-21-34(32-44)22-24-35)48-41(47-39)36-25-27-37(28-26-36)42-49(45,46)38-19-15-14-16-20-38/h14-16,19-28,33,39-42,44H,4-13,17-18,29-32H2,1-3H3. The van der Waals surface area contributed by atoms with Gasteiger partial charge in [0.1, 0.15) is 0 Å². The fourth-order valence-electron chi connectivity index (χ4n) is 6.63. The molecule has 2 N–H and O–H groups in total. The van der Waals surface area contributed by atoms with E-state index in [9.17, 15) is 13.5 Å². The summed E-state index contributed by atoms with van der Waals surface area (Å²) in [6.07, 6.45) is 14.5. The number of aliphatic hydroxyl groups is 1. The molecule has 1 fully saturated rings. The molecule has 270 valence electrons. The Balaban J connectivity index is 1.50. The van der Waals surface area contributed by atoms with E-state index in [1.165, 1.54) is 77.0 Å². The predicted octanol–water partition coefficient (Wildman–Crippen LogP) is 9.79. The maximum atomic E-state index is 12.9. The minimum Gasteiger partial charge on any atom is -0.392 e. The first-order chi connectivity index (χ1) is 23.8. The van der Waals surface area contributed by atoms with Crippen molar-refractivity contribution in [3.8, 4) is 0 Å². The summed E-state index contributed by atoms with van der Waals surface area (Å²) < 4.78 is 42.0. The van der Waals surface area contributed by atoms with Crippen molar-refractivity contribution in [1.29, 1.82) is 0 Å². The maximum absolute atomic E-state index is 12.9. The highest BCUT2D eigenvalue weighted by Gasteiger charge is 2.39. The third kappa shape index (κ3) is 12.5. The van der Waals surface area contributed by atoms with Crippen molar-refractivity contribution >= 4 is 15.7 Å². The number of benzene rings is 3. The summed E-state index contributed by atoms with van der Waals surface area (Å²) in [6.45, 7) is 9.74. The summed E-state index contributed by atoms with van der Waals surface area (Å²) in [5, 5.41) is 9.64. The Bertz CT molecular complexity index is 1420. The fourth-order valence-corrected chi connectivity index (χ4v) is 7.71. The monoisotopic (exact) mass is 692 g/mol. The molecule has 1 aliphatic rings. The van der Waals surface area contributed by atoms with Crippen LogP contribution in [-0.4, -0.2) is 44.2 Å². The van der Waals surface area contributed by atoms with Crippen LogP contribution in [0.2, 0.25) is 0 Å². The van der Waals surface area contributed by atoms with E-state index < -0.39 is 16.3 Å². The lowest BCUT2D eigenvalue weighted by atomic mass is 9.90. The maximum Gasteiger partial charge on any atom is 0.261 e. The second kappa shape index (κ2) is 20.8. The summed E-state index contributed by atoms with van der Waals surface area (Å²) in [7, 11) is -3.70. The molecule has 0 spiro atoms. The second-order valence-corrected chi connectivity index (χ2v) is 15.4. The van der Waals surface area contributed by atoms with Crippen LogP contribution in [0.5, 0.6) is 0 Å². The van der Waals surface area contributed by atoms with Crippen LogP contribution >= 0.6 is 0 Å². The van der Waals surface area contributed by atoms with Crippen molar-refractivity contribution in [1.82, 2.24) is 4.90 Å². The van der Waals surface area contributed by atoms with Gasteiger partial charge in [0.05, 0.1) is 23.7 Å². The van der Waals surface area contributed by atoms with Crippen LogP contribution in [0.3, 0.4) is 0 Å². The van der Waals surface area contributed by atoms with Gasteiger partial charge in [0.25, 0.3) is 10.0 Å². The van der Waals surface area contributed by atoms with Gasteiger partial charge in [0.2, 0.25) is 0 Å². The molecule has 7 nitrogen and oxygen atoms in total. The van der Waals surface area contributed by atoms with Crippen molar-refractivity contribution < 1.29 is 23.0 Å². The van der Waals surface area contributed by atoms with Gasteiger partial charge in [-0.2, -0.15) is 0 Å². The van der Waals surface area contributed by atoms with Gasteiger partial charge >= 0.3 is 0 Å². The molecule has 3 aromatic rings. The van der Waals surface area contributed by atoms with Gasteiger partial charge in [-0.3, -0.25) is 4.72 Å². The van der Waals surface area contributed by atoms with Crippen molar-refractivity contribution in [3.05, 3.63) is 95.6 Å². The number of nitrogens with zero attached hydrogens (tertiary/aromatic N) is 1. The number of aliphatic hydroxyl groups excluding tert-OH is 1. The number of sulfonamides is 1. The number of anilines is 1. The Morgan fingerprint density at radius 2 is 1.24 bits per heavy atom. The lowest BCUT2D eigenvalue weighted by molar-refractivity contribution is -0.276. The lowest BCUT2D eigenvalue weighted by Gasteiger charge is -2.43. The van der Waals surface area contributed by atoms with E-state index in [-0.39, 0.29) is 29.6 Å². The third-order valence-corrected chi connectivity index (χ3v) is 11.1. The molecular formula is C41H60N2O5S. The summed E-state index contributed by atoms with van der Waals surface area (Å²) in [5.41, 5.74) is 3.26. The second-order valence-electron chi connectivity index (χ2n) is 13.7. The highest BCUT2D eigenvalue weighted by molar-refractivity contribution is 7.92. The topological polar surface area (TPSA) is 88.1 Å². The van der Waals surface area contributed by atoms with Crippen molar-refractivity contribution in [2.45, 2.75) is 128 Å². The molecule has 0 radical (unpaired) electrons. The summed E-state index contributed by atoms with van der Waals surface area (Å²) in [4.78, 5) is 2.84. The van der Waals surface area contributed by atoms with Crippen molar-refractivity contribution in [2.24, 2.45) is 5.92 Å². The molecule has 4 atom stereocenters. The number of nitrogens with one attached hydrogen (secondary N) is 1. The number of unbranched alkanes of at least 4 members (excludes halogenated alkanes) is 10. The van der Waals surface area contributed by atoms with Crippen LogP contribution in [0.1, 0.15) is 127 Å². The highest BCUT2D eigenvalue weighted by Crippen LogP contribution is 2.42. The van der Waals surface area contributed by atoms with Gasteiger partial charge in [0.15, 0.2) is 6.29 Å². The van der Waals surface area contributed by atoms with E-state index in [1.807, 2.05) is 24.3 Å². The minimum absolute atomic E-state index is 0.00193. The van der Waals surface area contributed by atoms with Gasteiger partial charge in [-0.15, -0.1) is 0 Å². The van der Waals surface area contributed by atoms with Gasteiger partial charge < -0.3 is 19.5 Å².